The summed E-state index contributed by atoms with van der Waals surface area (Å²) in [6.07, 6.45) is 13.2. The molecule has 2 aliphatic rings. The van der Waals surface area contributed by atoms with Crippen molar-refractivity contribution in [2.75, 3.05) is 6.61 Å². The molecule has 0 heterocycles. The van der Waals surface area contributed by atoms with Crippen LogP contribution in [0, 0.1) is 0 Å². The van der Waals surface area contributed by atoms with Gasteiger partial charge in [0, 0.05) is 24.5 Å². The highest BCUT2D eigenvalue weighted by Gasteiger charge is 2.22. The van der Waals surface area contributed by atoms with E-state index in [2.05, 4.69) is 5.32 Å². The van der Waals surface area contributed by atoms with Crippen LogP contribution in [0.2, 0.25) is 0 Å². The number of ketones is 1. The molecule has 1 fully saturated rings. The van der Waals surface area contributed by atoms with E-state index < -0.39 is 6.10 Å². The van der Waals surface area contributed by atoms with Gasteiger partial charge in [0.15, 0.2) is 5.78 Å². The number of allylic oxidation sites excluding steroid dienone is 5. The van der Waals surface area contributed by atoms with E-state index in [0.717, 1.165) is 42.6 Å². The highest BCUT2D eigenvalue weighted by molar-refractivity contribution is 5.99. The molecule has 160 valence electrons. The number of carbonyl (C=O) groups excluding carboxylic acids is 2. The van der Waals surface area contributed by atoms with E-state index in [0.29, 0.717) is 31.7 Å². The molecule has 1 aromatic carbocycles. The molecule has 5 heteroatoms. The number of aliphatic hydroxyl groups is 1. The second-order valence-corrected chi connectivity index (χ2v) is 7.89. The van der Waals surface area contributed by atoms with Gasteiger partial charge in [-0.2, -0.15) is 0 Å². The Labute approximate surface area is 178 Å². The van der Waals surface area contributed by atoms with E-state index in [9.17, 15) is 14.7 Å². The van der Waals surface area contributed by atoms with Gasteiger partial charge in [-0.15, -0.1) is 0 Å². The lowest BCUT2D eigenvalue weighted by Crippen LogP contribution is -2.24. The van der Waals surface area contributed by atoms with Crippen LogP contribution >= 0.6 is 0 Å². The summed E-state index contributed by atoms with van der Waals surface area (Å²) >= 11 is 0. The van der Waals surface area contributed by atoms with E-state index >= 15 is 0 Å². The van der Waals surface area contributed by atoms with Gasteiger partial charge < -0.3 is 15.2 Å². The van der Waals surface area contributed by atoms with Crippen LogP contribution in [0.25, 0.3) is 0 Å². The third kappa shape index (κ3) is 7.64. The molecule has 3 rings (SSSR count). The average molecular weight is 410 g/mol. The molecular weight excluding hydrogens is 378 g/mol. The Kier molecular flexibility index (Phi) is 8.45. The summed E-state index contributed by atoms with van der Waals surface area (Å²) in [6, 6.07) is 9.79. The first-order valence-electron chi connectivity index (χ1n) is 10.9. The number of benzene rings is 1. The van der Waals surface area contributed by atoms with Crippen molar-refractivity contribution in [3.8, 4) is 5.75 Å². The first-order valence-corrected chi connectivity index (χ1v) is 10.9. The Morgan fingerprint density at radius 1 is 1.20 bits per heavy atom. The third-order valence-electron chi connectivity index (χ3n) is 5.23. The lowest BCUT2D eigenvalue weighted by Gasteiger charge is -2.09. The maximum Gasteiger partial charge on any atom is 0.220 e. The van der Waals surface area contributed by atoms with Crippen molar-refractivity contribution >= 4 is 11.7 Å². The Hall–Kier alpha value is -2.66. The molecule has 0 bridgehead atoms. The van der Waals surface area contributed by atoms with Crippen LogP contribution in [0.1, 0.15) is 51.4 Å². The van der Waals surface area contributed by atoms with Crippen LogP contribution in [0.5, 0.6) is 5.75 Å². The molecule has 0 aliphatic heterocycles. The van der Waals surface area contributed by atoms with Gasteiger partial charge in [0.1, 0.15) is 18.5 Å². The smallest absolute Gasteiger partial charge is 0.220 e. The number of ether oxygens (including phenoxy) is 1. The minimum Gasteiger partial charge on any atom is -0.491 e. The van der Waals surface area contributed by atoms with Gasteiger partial charge >= 0.3 is 0 Å². The third-order valence-corrected chi connectivity index (χ3v) is 5.23. The van der Waals surface area contributed by atoms with E-state index in [-0.39, 0.29) is 18.3 Å². The Balaban J connectivity index is 1.40. The van der Waals surface area contributed by atoms with E-state index in [1.165, 1.54) is 0 Å². The van der Waals surface area contributed by atoms with E-state index in [1.54, 1.807) is 6.08 Å². The van der Waals surface area contributed by atoms with Crippen LogP contribution in [-0.2, 0) is 9.59 Å². The first kappa shape index (κ1) is 22.0. The number of hydrogen-bond acceptors (Lipinski definition) is 4. The largest absolute Gasteiger partial charge is 0.491 e. The van der Waals surface area contributed by atoms with Gasteiger partial charge in [0.25, 0.3) is 0 Å². The van der Waals surface area contributed by atoms with Gasteiger partial charge in [-0.05, 0) is 56.2 Å². The van der Waals surface area contributed by atoms with Crippen LogP contribution in [0.15, 0.2) is 65.8 Å². The zero-order chi connectivity index (χ0) is 21.2. The normalized spacial score (nSPS) is 17.8. The maximum atomic E-state index is 12.2. The Morgan fingerprint density at radius 2 is 2.00 bits per heavy atom. The fourth-order valence-corrected chi connectivity index (χ4v) is 3.37. The summed E-state index contributed by atoms with van der Waals surface area (Å²) in [5.74, 6) is 1.04. The predicted octanol–water partition coefficient (Wildman–Crippen LogP) is 4.04. The summed E-state index contributed by atoms with van der Waals surface area (Å²) in [4.78, 5) is 23.8. The number of rotatable bonds is 12. The SMILES string of the molecule is O=C(CCC/C=C/CC1=C(/C=C/C(O)COc2ccccc2)CCC1=O)NC1CC1. The number of aliphatic hydroxyl groups excluding tert-OH is 1. The lowest BCUT2D eigenvalue weighted by atomic mass is 10.1. The molecule has 0 spiro atoms. The van der Waals surface area contributed by atoms with Crippen LogP contribution in [0.4, 0.5) is 0 Å². The summed E-state index contributed by atoms with van der Waals surface area (Å²) < 4.78 is 5.55. The number of amides is 1. The van der Waals surface area contributed by atoms with Crippen LogP contribution in [-0.4, -0.2) is 35.5 Å². The number of para-hydroxylation sites is 1. The Bertz CT molecular complexity index is 806. The molecule has 1 saturated carbocycles. The molecular formula is C25H31NO4. The summed E-state index contributed by atoms with van der Waals surface area (Å²) in [6.45, 7) is 0.172. The number of nitrogens with one attached hydrogen (secondary N) is 1. The topological polar surface area (TPSA) is 75.6 Å². The number of Topliss-reactive ketones (excluding diaryl/α,β-unsaturated/α-hetero) is 1. The van der Waals surface area contributed by atoms with Crippen LogP contribution in [0.3, 0.4) is 0 Å². The van der Waals surface area contributed by atoms with Crippen molar-refractivity contribution < 1.29 is 19.4 Å². The molecule has 0 radical (unpaired) electrons. The monoisotopic (exact) mass is 409 g/mol. The summed E-state index contributed by atoms with van der Waals surface area (Å²) in [7, 11) is 0. The zero-order valence-corrected chi connectivity index (χ0v) is 17.4. The number of hydrogen-bond donors (Lipinski definition) is 2. The van der Waals surface area contributed by atoms with E-state index in [1.807, 2.05) is 48.6 Å². The van der Waals surface area contributed by atoms with Crippen LogP contribution < -0.4 is 10.1 Å². The van der Waals surface area contributed by atoms with Gasteiger partial charge in [-0.3, -0.25) is 9.59 Å². The molecule has 0 saturated heterocycles. The summed E-state index contributed by atoms with van der Waals surface area (Å²) in [5, 5.41) is 13.1. The molecule has 2 N–H and O–H groups in total. The van der Waals surface area contributed by atoms with Crippen molar-refractivity contribution in [3.63, 3.8) is 0 Å². The molecule has 1 atom stereocenters. The van der Waals surface area contributed by atoms with Gasteiger partial charge in [0.2, 0.25) is 5.91 Å². The highest BCUT2D eigenvalue weighted by Crippen LogP contribution is 2.27. The number of carbonyl (C=O) groups is 2. The molecule has 30 heavy (non-hydrogen) atoms. The number of unbranched alkanes of at least 4 members (excludes halogenated alkanes) is 1. The second kappa shape index (κ2) is 11.5. The fourth-order valence-electron chi connectivity index (χ4n) is 3.37. The lowest BCUT2D eigenvalue weighted by molar-refractivity contribution is -0.121. The minimum atomic E-state index is -0.730. The quantitative estimate of drug-likeness (QED) is 0.404. The van der Waals surface area contributed by atoms with Crippen molar-refractivity contribution in [1.82, 2.24) is 5.32 Å². The zero-order valence-electron chi connectivity index (χ0n) is 17.4. The van der Waals surface area contributed by atoms with Crippen molar-refractivity contribution in [2.45, 2.75) is 63.5 Å². The molecule has 1 unspecified atom stereocenters. The van der Waals surface area contributed by atoms with E-state index in [4.69, 9.17) is 4.74 Å². The van der Waals surface area contributed by atoms with Crippen molar-refractivity contribution in [1.29, 1.82) is 0 Å². The second-order valence-electron chi connectivity index (χ2n) is 7.89. The minimum absolute atomic E-state index is 0.141. The highest BCUT2D eigenvalue weighted by atomic mass is 16.5. The fraction of sp³-hybridized carbons (Fsp3) is 0.440. The molecule has 1 aromatic rings. The van der Waals surface area contributed by atoms with Crippen molar-refractivity contribution in [3.05, 3.63) is 65.8 Å². The molecule has 1 amide bonds. The standard InChI is InChI=1S/C25H31NO4/c27-21(18-30-22-8-4-3-5-9-22)16-12-19-13-17-24(28)23(19)10-6-1-2-7-11-25(29)26-20-14-15-20/h1,3-6,8-9,12,16,20-21,27H,2,7,10-11,13-15,17-18H2,(H,26,29)/b6-1+,16-12+. The predicted molar refractivity (Wildman–Crippen MR) is 117 cm³/mol. The van der Waals surface area contributed by atoms with Gasteiger partial charge in [0.05, 0.1) is 0 Å². The summed E-state index contributed by atoms with van der Waals surface area (Å²) in [5.41, 5.74) is 1.82. The Morgan fingerprint density at radius 3 is 2.77 bits per heavy atom. The first-order chi connectivity index (χ1) is 14.6. The molecule has 2 aliphatic carbocycles. The average Bonchev–Trinajstić information content (AvgIpc) is 3.50. The molecule has 5 nitrogen and oxygen atoms in total. The maximum absolute atomic E-state index is 12.2. The molecule has 0 aromatic heterocycles. The van der Waals surface area contributed by atoms with Gasteiger partial charge in [-0.1, -0.05) is 42.5 Å². The van der Waals surface area contributed by atoms with Gasteiger partial charge in [-0.25, -0.2) is 0 Å². The van der Waals surface area contributed by atoms with Crippen molar-refractivity contribution in [2.24, 2.45) is 0 Å².